The highest BCUT2D eigenvalue weighted by atomic mass is 19.3. The van der Waals surface area contributed by atoms with E-state index in [9.17, 15) is 23.2 Å². The Labute approximate surface area is 272 Å². The first-order valence-electron chi connectivity index (χ1n) is 15.6. The first-order chi connectivity index (χ1) is 23.2. The highest BCUT2D eigenvalue weighted by Gasteiger charge is 2.47. The minimum Gasteiger partial charge on any atom is -0.365 e. The largest absolute Gasteiger partial charge is 0.365 e. The van der Waals surface area contributed by atoms with Gasteiger partial charge in [0.1, 0.15) is 17.6 Å². The Morgan fingerprint density at radius 3 is 2.60 bits per heavy atom. The van der Waals surface area contributed by atoms with E-state index in [0.29, 0.717) is 33.4 Å². The maximum Gasteiger partial charge on any atom is 0.320 e. The summed E-state index contributed by atoms with van der Waals surface area (Å²) >= 11 is 0. The zero-order chi connectivity index (χ0) is 33.2. The number of likely N-dealkylation sites (tertiary alicyclic amines) is 1. The molecule has 1 unspecified atom stereocenters. The monoisotopic (exact) mass is 654 g/mol. The smallest absolute Gasteiger partial charge is 0.320 e. The number of imide groups is 1. The van der Waals surface area contributed by atoms with E-state index in [1.807, 2.05) is 16.7 Å². The fraction of sp³-hybridized carbons (Fsp3) is 0.257. The van der Waals surface area contributed by atoms with Gasteiger partial charge in [-0.1, -0.05) is 36.4 Å². The van der Waals surface area contributed by atoms with Crippen LogP contribution in [-0.4, -0.2) is 73.3 Å². The summed E-state index contributed by atoms with van der Waals surface area (Å²) in [5.41, 5.74) is 3.49. The standard InChI is InChI=1S/C35H29F3N6O4/c36-23-14-22-17-43(34(47)42-11-9-35(37,38)27(19-42)48-20-21-6-2-1-3-7-21)13-12-41-18-25(24(15-23)31(22)41)29-30(33(46)40-32(29)45)26-16-39-28-8-4-5-10-44(26)28/h1-8,10,14-16,18,27H,9,11-13,17,19-20H2,(H,40,45,46). The average Bonchev–Trinajstić information content (AvgIpc) is 3.70. The number of hydrogen-bond acceptors (Lipinski definition) is 5. The molecule has 0 saturated carbocycles. The van der Waals surface area contributed by atoms with Crippen molar-refractivity contribution < 1.29 is 32.3 Å². The molecule has 244 valence electrons. The molecule has 48 heavy (non-hydrogen) atoms. The van der Waals surface area contributed by atoms with Gasteiger partial charge in [0, 0.05) is 55.9 Å². The molecular formula is C35H29F3N6O4. The van der Waals surface area contributed by atoms with Crippen LogP contribution in [0.1, 0.15) is 28.8 Å². The van der Waals surface area contributed by atoms with E-state index in [-0.39, 0.29) is 50.5 Å². The molecule has 6 heterocycles. The first kappa shape index (κ1) is 29.9. The van der Waals surface area contributed by atoms with Crippen molar-refractivity contribution in [1.29, 1.82) is 0 Å². The van der Waals surface area contributed by atoms with E-state index in [4.69, 9.17) is 4.74 Å². The fourth-order valence-electron chi connectivity index (χ4n) is 6.93. The van der Waals surface area contributed by atoms with Crippen molar-refractivity contribution >= 4 is 45.5 Å². The van der Waals surface area contributed by atoms with Crippen LogP contribution in [0.5, 0.6) is 0 Å². The lowest BCUT2D eigenvalue weighted by molar-refractivity contribution is -0.171. The van der Waals surface area contributed by atoms with Crippen molar-refractivity contribution in [2.24, 2.45) is 0 Å². The predicted octanol–water partition coefficient (Wildman–Crippen LogP) is 4.86. The van der Waals surface area contributed by atoms with Crippen LogP contribution in [0.15, 0.2) is 79.3 Å². The molecule has 0 spiro atoms. The molecule has 5 aromatic rings. The molecule has 10 nitrogen and oxygen atoms in total. The third-order valence-electron chi connectivity index (χ3n) is 9.27. The van der Waals surface area contributed by atoms with E-state index in [1.165, 1.54) is 28.1 Å². The van der Waals surface area contributed by atoms with E-state index >= 15 is 4.39 Å². The molecular weight excluding hydrogens is 625 g/mol. The van der Waals surface area contributed by atoms with Gasteiger partial charge in [-0.15, -0.1) is 0 Å². The second-order valence-corrected chi connectivity index (χ2v) is 12.2. The van der Waals surface area contributed by atoms with Gasteiger partial charge in [-0.2, -0.15) is 0 Å². The summed E-state index contributed by atoms with van der Waals surface area (Å²) in [5, 5.41) is 2.80. The van der Waals surface area contributed by atoms with Crippen LogP contribution >= 0.6 is 0 Å². The van der Waals surface area contributed by atoms with Gasteiger partial charge in [-0.05, 0) is 35.4 Å². The maximum atomic E-state index is 15.3. The number of imidazole rings is 1. The normalized spacial score (nSPS) is 19.4. The quantitative estimate of drug-likeness (QED) is 0.273. The summed E-state index contributed by atoms with van der Waals surface area (Å²) in [6.45, 7) is 0.0608. The molecule has 0 radical (unpaired) electrons. The van der Waals surface area contributed by atoms with Gasteiger partial charge in [0.25, 0.3) is 17.7 Å². The minimum atomic E-state index is -3.10. The number of alkyl halides is 2. The topological polar surface area (TPSA) is 101 Å². The average molecular weight is 655 g/mol. The number of carbonyl (C=O) groups excluding carboxylic acids is 3. The fourth-order valence-corrected chi connectivity index (χ4v) is 6.93. The van der Waals surface area contributed by atoms with Crippen molar-refractivity contribution in [3.63, 3.8) is 0 Å². The summed E-state index contributed by atoms with van der Waals surface area (Å²) in [6.07, 6.45) is 2.95. The Morgan fingerprint density at radius 1 is 0.979 bits per heavy atom. The van der Waals surface area contributed by atoms with E-state index in [0.717, 1.165) is 5.56 Å². The molecule has 0 aliphatic carbocycles. The number of urea groups is 1. The SMILES string of the molecule is O=C1NC(=O)C(c2cnc3ccccn23)=C1c1cn2c3c(cc(F)cc13)CN(C(=O)N1CCC(F)(F)C(OCc3ccccc3)C1)CC2. The number of halogens is 3. The van der Waals surface area contributed by atoms with Crippen molar-refractivity contribution in [2.45, 2.75) is 38.1 Å². The number of hydrogen-bond donors (Lipinski definition) is 1. The molecule has 1 atom stereocenters. The zero-order valence-corrected chi connectivity index (χ0v) is 25.5. The predicted molar refractivity (Wildman–Crippen MR) is 169 cm³/mol. The molecule has 3 aromatic heterocycles. The molecule has 1 fully saturated rings. The molecule has 3 aliphatic heterocycles. The van der Waals surface area contributed by atoms with Gasteiger partial charge >= 0.3 is 6.03 Å². The van der Waals surface area contributed by atoms with Gasteiger partial charge in [0.05, 0.1) is 41.7 Å². The summed E-state index contributed by atoms with van der Waals surface area (Å²) in [6, 6.07) is 16.6. The maximum absolute atomic E-state index is 15.3. The number of carbonyl (C=O) groups is 3. The Bertz CT molecular complexity index is 2160. The lowest BCUT2D eigenvalue weighted by Crippen LogP contribution is -2.56. The second-order valence-electron chi connectivity index (χ2n) is 12.2. The number of pyridine rings is 1. The van der Waals surface area contributed by atoms with Gasteiger partial charge in [0.2, 0.25) is 0 Å². The zero-order valence-electron chi connectivity index (χ0n) is 25.5. The van der Waals surface area contributed by atoms with E-state index < -0.39 is 42.1 Å². The number of aromatic nitrogens is 3. The van der Waals surface area contributed by atoms with Crippen LogP contribution in [-0.2, 0) is 34.0 Å². The second kappa shape index (κ2) is 11.4. The number of fused-ring (bicyclic) bond motifs is 1. The molecule has 13 heteroatoms. The molecule has 3 aliphatic rings. The summed E-state index contributed by atoms with van der Waals surface area (Å²) < 4.78 is 54.2. The third-order valence-corrected chi connectivity index (χ3v) is 9.27. The number of ether oxygens (including phenoxy) is 1. The molecule has 2 aromatic carbocycles. The lowest BCUT2D eigenvalue weighted by Gasteiger charge is -2.40. The number of benzene rings is 2. The molecule has 0 bridgehead atoms. The summed E-state index contributed by atoms with van der Waals surface area (Å²) in [7, 11) is 0. The molecule has 4 amide bonds. The Hall–Kier alpha value is -5.43. The summed E-state index contributed by atoms with van der Waals surface area (Å²) in [4.78, 5) is 47.5. The Kier molecular flexibility index (Phi) is 7.09. The van der Waals surface area contributed by atoms with Crippen LogP contribution in [0.3, 0.4) is 0 Å². The minimum absolute atomic E-state index is 0.00901. The summed E-state index contributed by atoms with van der Waals surface area (Å²) in [5.74, 6) is -4.87. The van der Waals surface area contributed by atoms with Gasteiger partial charge < -0.3 is 19.1 Å². The van der Waals surface area contributed by atoms with E-state index in [1.54, 1.807) is 53.2 Å². The van der Waals surface area contributed by atoms with Gasteiger partial charge in [-0.3, -0.25) is 19.3 Å². The Balaban J connectivity index is 1.11. The van der Waals surface area contributed by atoms with Crippen LogP contribution in [0.25, 0.3) is 27.7 Å². The number of rotatable bonds is 5. The number of nitrogens with one attached hydrogen (secondary N) is 1. The van der Waals surface area contributed by atoms with Crippen LogP contribution < -0.4 is 5.32 Å². The lowest BCUT2D eigenvalue weighted by atomic mass is 9.98. The number of piperidine rings is 1. The van der Waals surface area contributed by atoms with Crippen LogP contribution in [0.2, 0.25) is 0 Å². The molecule has 1 saturated heterocycles. The van der Waals surface area contributed by atoms with Crippen molar-refractivity contribution in [2.75, 3.05) is 19.6 Å². The van der Waals surface area contributed by atoms with Crippen molar-refractivity contribution in [3.8, 4) is 0 Å². The number of nitrogens with zero attached hydrogens (tertiary/aromatic N) is 5. The third kappa shape index (κ3) is 5.01. The van der Waals surface area contributed by atoms with Crippen molar-refractivity contribution in [1.82, 2.24) is 29.1 Å². The van der Waals surface area contributed by atoms with Crippen LogP contribution in [0, 0.1) is 5.82 Å². The van der Waals surface area contributed by atoms with Gasteiger partial charge in [-0.25, -0.2) is 22.9 Å². The van der Waals surface area contributed by atoms with E-state index in [2.05, 4.69) is 10.3 Å². The Morgan fingerprint density at radius 2 is 1.77 bits per heavy atom. The number of amides is 4. The molecule has 8 rings (SSSR count). The highest BCUT2D eigenvalue weighted by molar-refractivity contribution is 6.49. The first-order valence-corrected chi connectivity index (χ1v) is 15.6. The van der Waals surface area contributed by atoms with Gasteiger partial charge in [0.15, 0.2) is 0 Å². The van der Waals surface area contributed by atoms with Crippen molar-refractivity contribution in [3.05, 3.63) is 107 Å². The highest BCUT2D eigenvalue weighted by Crippen LogP contribution is 2.39. The molecule has 1 N–H and O–H groups in total. The van der Waals surface area contributed by atoms with Crippen LogP contribution in [0.4, 0.5) is 18.0 Å².